The van der Waals surface area contributed by atoms with E-state index < -0.39 is 35.1 Å². The largest absolute Gasteiger partial charge is 0.390 e. The van der Waals surface area contributed by atoms with E-state index in [9.17, 15) is 20.4 Å². The highest BCUT2D eigenvalue weighted by atomic mass is 16.7. The van der Waals surface area contributed by atoms with Gasteiger partial charge in [0.25, 0.3) is 0 Å². The van der Waals surface area contributed by atoms with E-state index in [1.165, 1.54) is 0 Å². The topological polar surface area (TPSA) is 99.4 Å². The molecule has 6 heteroatoms. The average molecular weight is 465 g/mol. The van der Waals surface area contributed by atoms with Crippen LogP contribution in [0.2, 0.25) is 0 Å². The van der Waals surface area contributed by atoms with Crippen LogP contribution in [-0.2, 0) is 9.47 Å². The molecule has 0 bridgehead atoms. The zero-order chi connectivity index (χ0) is 23.6. The molecular formula is C27H44O6. The highest BCUT2D eigenvalue weighted by Gasteiger charge is 2.72. The molecule has 0 aromatic heterocycles. The molecule has 4 N–H and O–H groups in total. The lowest BCUT2D eigenvalue weighted by molar-refractivity contribution is -0.286. The summed E-state index contributed by atoms with van der Waals surface area (Å²) in [5, 5.41) is 43.8. The molecule has 4 saturated carbocycles. The Labute approximate surface area is 198 Å². The van der Waals surface area contributed by atoms with E-state index in [1.807, 2.05) is 0 Å². The first-order chi connectivity index (χ1) is 15.5. The molecule has 188 valence electrons. The molecule has 6 nitrogen and oxygen atoms in total. The van der Waals surface area contributed by atoms with Crippen molar-refractivity contribution in [2.75, 3.05) is 6.61 Å². The summed E-state index contributed by atoms with van der Waals surface area (Å²) in [5.41, 5.74) is -1.79. The number of aliphatic hydroxyl groups excluding tert-OH is 3. The Bertz CT molecular complexity index is 795. The molecule has 0 aromatic rings. The number of hydrogen-bond donors (Lipinski definition) is 4. The van der Waals surface area contributed by atoms with Crippen LogP contribution in [0.5, 0.6) is 0 Å². The Balaban J connectivity index is 1.30. The van der Waals surface area contributed by atoms with Crippen LogP contribution >= 0.6 is 0 Å². The minimum absolute atomic E-state index is 0.0562. The Morgan fingerprint density at radius 3 is 2.30 bits per heavy atom. The third-order valence-corrected chi connectivity index (χ3v) is 12.2. The summed E-state index contributed by atoms with van der Waals surface area (Å²) in [7, 11) is 0. The Morgan fingerprint density at radius 1 is 0.879 bits per heavy atom. The van der Waals surface area contributed by atoms with Crippen LogP contribution in [-0.4, -0.2) is 62.8 Å². The summed E-state index contributed by atoms with van der Waals surface area (Å²) in [6, 6.07) is 0. The summed E-state index contributed by atoms with van der Waals surface area (Å²) in [6.07, 6.45) is 3.71. The molecule has 2 aliphatic heterocycles. The standard InChI is InChI=1S/C27H44O6/c1-14-5-8-27(32-13-14)15(2)23-21(33-27)10-18-16-9-22(30)26(31)12-20(29)19(28)11-25(26,4)17(16)6-7-24(18,23)3/h14-23,28-31H,5-13H2,1-4H3/t14-,15+,16-,17-,18+,19-,20-,21+,22-,23+,24+,25-,26+,27-/m1/s1. The van der Waals surface area contributed by atoms with Gasteiger partial charge in [0, 0.05) is 24.2 Å². The first kappa shape index (κ1) is 23.2. The molecule has 6 rings (SSSR count). The highest BCUT2D eigenvalue weighted by molar-refractivity contribution is 5.20. The fraction of sp³-hybridized carbons (Fsp3) is 1.00. The van der Waals surface area contributed by atoms with Gasteiger partial charge in [-0.1, -0.05) is 27.7 Å². The van der Waals surface area contributed by atoms with Crippen molar-refractivity contribution in [1.82, 2.24) is 0 Å². The van der Waals surface area contributed by atoms with E-state index in [4.69, 9.17) is 9.47 Å². The predicted molar refractivity (Wildman–Crippen MR) is 122 cm³/mol. The minimum Gasteiger partial charge on any atom is -0.390 e. The van der Waals surface area contributed by atoms with Gasteiger partial charge in [0.05, 0.1) is 36.6 Å². The van der Waals surface area contributed by atoms with Crippen molar-refractivity contribution in [3.63, 3.8) is 0 Å². The summed E-state index contributed by atoms with van der Waals surface area (Å²) >= 11 is 0. The van der Waals surface area contributed by atoms with E-state index in [0.29, 0.717) is 42.4 Å². The quantitative estimate of drug-likeness (QED) is 0.440. The first-order valence-electron chi connectivity index (χ1n) is 13.5. The molecular weight excluding hydrogens is 420 g/mol. The van der Waals surface area contributed by atoms with Crippen molar-refractivity contribution in [2.45, 2.75) is 115 Å². The van der Waals surface area contributed by atoms with Crippen LogP contribution < -0.4 is 0 Å². The van der Waals surface area contributed by atoms with Gasteiger partial charge in [-0.25, -0.2) is 0 Å². The van der Waals surface area contributed by atoms with E-state index in [-0.39, 0.29) is 23.9 Å². The summed E-state index contributed by atoms with van der Waals surface area (Å²) in [4.78, 5) is 0. The van der Waals surface area contributed by atoms with Gasteiger partial charge in [0.2, 0.25) is 0 Å². The third kappa shape index (κ3) is 2.83. The smallest absolute Gasteiger partial charge is 0.171 e. The molecule has 1 spiro atoms. The molecule has 6 fully saturated rings. The SMILES string of the molecule is C[C@@H]1CC[C@@]2(OC1)O[C@H]1C[C@H]3[C@@H]4C[C@@H](O)[C@@]5(O)C[C@@H](O)[C@H](O)C[C@]5(C)[C@@H]4CC[C@]3(C)[C@H]1[C@@H]2C. The van der Waals surface area contributed by atoms with Gasteiger partial charge in [-0.05, 0) is 73.5 Å². The molecule has 4 aliphatic carbocycles. The monoisotopic (exact) mass is 464 g/mol. The molecule has 0 radical (unpaired) electrons. The molecule has 0 amide bonds. The first-order valence-corrected chi connectivity index (χ1v) is 13.5. The average Bonchev–Trinajstić information content (AvgIpc) is 3.19. The number of aliphatic hydroxyl groups is 4. The van der Waals surface area contributed by atoms with Gasteiger partial charge >= 0.3 is 0 Å². The maximum Gasteiger partial charge on any atom is 0.171 e. The lowest BCUT2D eigenvalue weighted by Crippen LogP contribution is -2.70. The summed E-state index contributed by atoms with van der Waals surface area (Å²) in [6.45, 7) is 9.90. The van der Waals surface area contributed by atoms with Crippen molar-refractivity contribution in [3.05, 3.63) is 0 Å². The second-order valence-corrected chi connectivity index (χ2v) is 13.5. The molecule has 2 heterocycles. The summed E-state index contributed by atoms with van der Waals surface area (Å²) < 4.78 is 13.2. The molecule has 0 aromatic carbocycles. The zero-order valence-electron chi connectivity index (χ0n) is 20.7. The summed E-state index contributed by atoms with van der Waals surface area (Å²) in [5.74, 6) is 1.97. The predicted octanol–water partition coefficient (Wildman–Crippen LogP) is 2.85. The normalized spacial score (nSPS) is 64.7. The van der Waals surface area contributed by atoms with Gasteiger partial charge < -0.3 is 29.9 Å². The molecule has 6 aliphatic rings. The maximum atomic E-state index is 11.7. The van der Waals surface area contributed by atoms with Crippen LogP contribution in [0.4, 0.5) is 0 Å². The second-order valence-electron chi connectivity index (χ2n) is 13.5. The Morgan fingerprint density at radius 2 is 1.61 bits per heavy atom. The van der Waals surface area contributed by atoms with Gasteiger partial charge in [-0.15, -0.1) is 0 Å². The molecule has 14 atom stereocenters. The van der Waals surface area contributed by atoms with Crippen molar-refractivity contribution in [1.29, 1.82) is 0 Å². The van der Waals surface area contributed by atoms with Gasteiger partial charge in [-0.2, -0.15) is 0 Å². The van der Waals surface area contributed by atoms with E-state index in [1.54, 1.807) is 0 Å². The lowest BCUT2D eigenvalue weighted by Gasteiger charge is -2.66. The molecule has 33 heavy (non-hydrogen) atoms. The second kappa shape index (κ2) is 7.17. The zero-order valence-corrected chi connectivity index (χ0v) is 20.7. The number of fused-ring (bicyclic) bond motifs is 7. The van der Waals surface area contributed by atoms with Crippen LogP contribution in [0, 0.1) is 46.3 Å². The molecule has 2 saturated heterocycles. The third-order valence-electron chi connectivity index (χ3n) is 12.2. The maximum absolute atomic E-state index is 11.7. The Hall–Kier alpha value is -0.240. The highest BCUT2D eigenvalue weighted by Crippen LogP contribution is 2.71. The fourth-order valence-corrected chi connectivity index (χ4v) is 10.3. The lowest BCUT2D eigenvalue weighted by atomic mass is 9.42. The van der Waals surface area contributed by atoms with E-state index in [2.05, 4.69) is 27.7 Å². The minimum atomic E-state index is -1.34. The van der Waals surface area contributed by atoms with Crippen LogP contribution in [0.3, 0.4) is 0 Å². The molecule has 0 unspecified atom stereocenters. The van der Waals surface area contributed by atoms with Crippen LogP contribution in [0.25, 0.3) is 0 Å². The van der Waals surface area contributed by atoms with E-state index >= 15 is 0 Å². The van der Waals surface area contributed by atoms with Crippen LogP contribution in [0.15, 0.2) is 0 Å². The van der Waals surface area contributed by atoms with Crippen molar-refractivity contribution in [3.8, 4) is 0 Å². The van der Waals surface area contributed by atoms with Crippen LogP contribution in [0.1, 0.15) is 79.1 Å². The number of hydrogen-bond acceptors (Lipinski definition) is 6. The number of rotatable bonds is 0. The van der Waals surface area contributed by atoms with Gasteiger partial charge in [0.1, 0.15) is 0 Å². The van der Waals surface area contributed by atoms with Gasteiger partial charge in [0.15, 0.2) is 5.79 Å². The van der Waals surface area contributed by atoms with E-state index in [0.717, 1.165) is 38.7 Å². The van der Waals surface area contributed by atoms with Crippen molar-refractivity contribution >= 4 is 0 Å². The number of ether oxygens (including phenoxy) is 2. The van der Waals surface area contributed by atoms with Gasteiger partial charge in [-0.3, -0.25) is 0 Å². The van der Waals surface area contributed by atoms with Crippen molar-refractivity contribution < 1.29 is 29.9 Å². The Kier molecular flexibility index (Phi) is 5.03. The van der Waals surface area contributed by atoms with Crippen molar-refractivity contribution in [2.24, 2.45) is 46.3 Å². The fourth-order valence-electron chi connectivity index (χ4n) is 10.3.